The highest BCUT2D eigenvalue weighted by molar-refractivity contribution is 14.1. The van der Waals surface area contributed by atoms with Crippen LogP contribution >= 0.6 is 22.6 Å². The number of ether oxygens (including phenoxy) is 2. The molecule has 1 rings (SSSR count). The topological polar surface area (TPSA) is 38.8 Å². The summed E-state index contributed by atoms with van der Waals surface area (Å²) in [6, 6.07) is 0. The van der Waals surface area contributed by atoms with Gasteiger partial charge in [0.15, 0.2) is 0 Å². The fourth-order valence-electron chi connectivity index (χ4n) is 2.52. The molecule has 4 nitrogen and oxygen atoms in total. The second-order valence-electron chi connectivity index (χ2n) is 6.84. The van der Waals surface area contributed by atoms with Crippen LogP contribution in [0.5, 0.6) is 0 Å². The first-order valence-corrected chi connectivity index (χ1v) is 9.49. The maximum absolute atomic E-state index is 12.1. The van der Waals surface area contributed by atoms with Crippen LogP contribution in [0.15, 0.2) is 0 Å². The average Bonchev–Trinajstić information content (AvgIpc) is 2.43. The van der Waals surface area contributed by atoms with E-state index in [9.17, 15) is 4.79 Å². The van der Waals surface area contributed by atoms with Crippen LogP contribution in [0.25, 0.3) is 0 Å². The Bertz CT molecular complexity index is 329. The Morgan fingerprint density at radius 2 is 1.76 bits per heavy atom. The Balaban J connectivity index is 2.57. The molecule has 0 aromatic carbocycles. The summed E-state index contributed by atoms with van der Waals surface area (Å²) in [6.07, 6.45) is 4.01. The molecule has 1 saturated heterocycles. The molecule has 1 aliphatic rings. The van der Waals surface area contributed by atoms with E-state index in [-0.39, 0.29) is 11.7 Å². The van der Waals surface area contributed by atoms with Crippen molar-refractivity contribution in [3.05, 3.63) is 0 Å². The van der Waals surface area contributed by atoms with Gasteiger partial charge in [-0.1, -0.05) is 36.4 Å². The van der Waals surface area contributed by atoms with Gasteiger partial charge in [0.05, 0.1) is 11.7 Å². The largest absolute Gasteiger partial charge is 0.444 e. The molecular formula is C16H30INO3. The summed E-state index contributed by atoms with van der Waals surface area (Å²) in [6.45, 7) is 11.5. The number of likely N-dealkylation sites (tertiary alicyclic amines) is 1. The Kier molecular flexibility index (Phi) is 7.24. The molecule has 0 radical (unpaired) electrons. The highest BCUT2D eigenvalue weighted by Gasteiger charge is 2.38. The van der Waals surface area contributed by atoms with E-state index < -0.39 is 5.60 Å². The van der Waals surface area contributed by atoms with E-state index in [1.807, 2.05) is 25.7 Å². The van der Waals surface area contributed by atoms with Crippen LogP contribution in [0, 0.1) is 0 Å². The normalized spacial score (nSPS) is 18.9. The smallest absolute Gasteiger partial charge is 0.410 e. The van der Waals surface area contributed by atoms with Crippen molar-refractivity contribution in [2.45, 2.75) is 77.6 Å². The Morgan fingerprint density at radius 1 is 1.24 bits per heavy atom. The zero-order valence-electron chi connectivity index (χ0n) is 14.1. The van der Waals surface area contributed by atoms with Gasteiger partial charge in [0, 0.05) is 17.5 Å². The van der Waals surface area contributed by atoms with Crippen LogP contribution < -0.4 is 0 Å². The van der Waals surface area contributed by atoms with Gasteiger partial charge in [0.2, 0.25) is 0 Å². The molecule has 0 spiro atoms. The summed E-state index contributed by atoms with van der Waals surface area (Å²) in [7, 11) is 0. The lowest BCUT2D eigenvalue weighted by Crippen LogP contribution is -2.51. The Labute approximate surface area is 143 Å². The van der Waals surface area contributed by atoms with Gasteiger partial charge in [0.1, 0.15) is 5.60 Å². The highest BCUT2D eigenvalue weighted by Crippen LogP contribution is 2.31. The molecule has 0 aromatic rings. The first kappa shape index (κ1) is 19.0. The molecule has 21 heavy (non-hydrogen) atoms. The number of piperidine rings is 1. The molecular weight excluding hydrogens is 381 g/mol. The van der Waals surface area contributed by atoms with Gasteiger partial charge in [0.25, 0.3) is 0 Å². The van der Waals surface area contributed by atoms with Gasteiger partial charge in [-0.3, -0.25) is 0 Å². The molecule has 0 saturated carbocycles. The van der Waals surface area contributed by atoms with Crippen LogP contribution in [0.2, 0.25) is 0 Å². The van der Waals surface area contributed by atoms with Crippen LogP contribution in [-0.2, 0) is 9.47 Å². The van der Waals surface area contributed by atoms with Gasteiger partial charge < -0.3 is 14.4 Å². The standard InChI is InChI=1S/C16H30INO3/c1-6-13(7-2)20-16(12-17)8-10-18(11-9-16)14(19)21-15(3,4)5/h13H,6-12H2,1-5H3. The minimum Gasteiger partial charge on any atom is -0.444 e. The lowest BCUT2D eigenvalue weighted by Gasteiger charge is -2.42. The van der Waals surface area contributed by atoms with Crippen LogP contribution in [0.3, 0.4) is 0 Å². The van der Waals surface area contributed by atoms with E-state index in [2.05, 4.69) is 36.4 Å². The quantitative estimate of drug-likeness (QED) is 0.498. The van der Waals surface area contributed by atoms with Crippen LogP contribution in [0.1, 0.15) is 60.3 Å². The van der Waals surface area contributed by atoms with Crippen molar-refractivity contribution in [3.63, 3.8) is 0 Å². The molecule has 1 aliphatic heterocycles. The van der Waals surface area contributed by atoms with E-state index in [1.54, 1.807) is 0 Å². The summed E-state index contributed by atoms with van der Waals surface area (Å²) in [5.41, 5.74) is -0.503. The molecule has 0 N–H and O–H groups in total. The maximum Gasteiger partial charge on any atom is 0.410 e. The zero-order chi connectivity index (χ0) is 16.1. The predicted molar refractivity (Wildman–Crippen MR) is 94.1 cm³/mol. The van der Waals surface area contributed by atoms with Crippen molar-refractivity contribution in [1.82, 2.24) is 4.90 Å². The molecule has 1 amide bonds. The molecule has 0 aliphatic carbocycles. The number of hydrogen-bond acceptors (Lipinski definition) is 3. The third-order valence-electron chi connectivity index (χ3n) is 3.90. The molecule has 0 bridgehead atoms. The zero-order valence-corrected chi connectivity index (χ0v) is 16.2. The van der Waals surface area contributed by atoms with E-state index in [0.29, 0.717) is 6.10 Å². The maximum atomic E-state index is 12.1. The van der Waals surface area contributed by atoms with E-state index in [1.165, 1.54) is 0 Å². The summed E-state index contributed by atoms with van der Waals surface area (Å²) in [5, 5.41) is 0. The summed E-state index contributed by atoms with van der Waals surface area (Å²) < 4.78 is 12.8. The van der Waals surface area contributed by atoms with Crippen molar-refractivity contribution in [3.8, 4) is 0 Å². The van der Waals surface area contributed by atoms with E-state index >= 15 is 0 Å². The van der Waals surface area contributed by atoms with Crippen molar-refractivity contribution in [2.24, 2.45) is 0 Å². The van der Waals surface area contributed by atoms with Gasteiger partial charge in [-0.2, -0.15) is 0 Å². The lowest BCUT2D eigenvalue weighted by atomic mass is 9.93. The molecule has 0 unspecified atom stereocenters. The van der Waals surface area contributed by atoms with Crippen molar-refractivity contribution in [1.29, 1.82) is 0 Å². The molecule has 1 heterocycles. The third-order valence-corrected chi connectivity index (χ3v) is 5.29. The summed E-state index contributed by atoms with van der Waals surface area (Å²) in [4.78, 5) is 13.9. The number of nitrogens with zero attached hydrogens (tertiary/aromatic N) is 1. The van der Waals surface area contributed by atoms with Gasteiger partial charge in [-0.25, -0.2) is 4.79 Å². The molecule has 5 heteroatoms. The van der Waals surface area contributed by atoms with Crippen molar-refractivity contribution in [2.75, 3.05) is 17.5 Å². The number of halogens is 1. The Morgan fingerprint density at radius 3 is 2.14 bits per heavy atom. The second kappa shape index (κ2) is 7.99. The van der Waals surface area contributed by atoms with Gasteiger partial charge >= 0.3 is 6.09 Å². The minimum absolute atomic E-state index is 0.0737. The number of alkyl halides is 1. The summed E-state index contributed by atoms with van der Waals surface area (Å²) >= 11 is 2.41. The fraction of sp³-hybridized carbons (Fsp3) is 0.938. The average molecular weight is 411 g/mol. The monoisotopic (exact) mass is 411 g/mol. The second-order valence-corrected chi connectivity index (χ2v) is 7.60. The number of carbonyl (C=O) groups excluding carboxylic acids is 1. The fourth-order valence-corrected chi connectivity index (χ4v) is 3.46. The van der Waals surface area contributed by atoms with Gasteiger partial charge in [-0.05, 0) is 46.5 Å². The number of hydrogen-bond donors (Lipinski definition) is 0. The molecule has 124 valence electrons. The molecule has 1 fully saturated rings. The van der Waals surface area contributed by atoms with Crippen molar-refractivity contribution < 1.29 is 14.3 Å². The highest BCUT2D eigenvalue weighted by atomic mass is 127. The first-order chi connectivity index (χ1) is 9.75. The minimum atomic E-state index is -0.430. The van der Waals surface area contributed by atoms with Crippen LogP contribution in [0.4, 0.5) is 4.79 Å². The first-order valence-electron chi connectivity index (χ1n) is 7.97. The number of rotatable bonds is 5. The van der Waals surface area contributed by atoms with Crippen LogP contribution in [-0.4, -0.2) is 45.8 Å². The molecule has 0 atom stereocenters. The summed E-state index contributed by atoms with van der Waals surface area (Å²) in [5.74, 6) is 0. The van der Waals surface area contributed by atoms with Crippen molar-refractivity contribution >= 4 is 28.7 Å². The Hall–Kier alpha value is -0.0400. The van der Waals surface area contributed by atoms with E-state index in [4.69, 9.17) is 9.47 Å². The number of carbonyl (C=O) groups is 1. The lowest BCUT2D eigenvalue weighted by molar-refractivity contribution is -0.108. The predicted octanol–water partition coefficient (Wildman–Crippen LogP) is 4.40. The van der Waals surface area contributed by atoms with Gasteiger partial charge in [-0.15, -0.1) is 0 Å². The molecule has 0 aromatic heterocycles. The van der Waals surface area contributed by atoms with E-state index in [0.717, 1.165) is 43.2 Å². The third kappa shape index (κ3) is 5.93. The number of amides is 1. The SMILES string of the molecule is CCC(CC)OC1(CI)CCN(C(=O)OC(C)(C)C)CC1.